The second-order valence-corrected chi connectivity index (χ2v) is 7.90. The molecule has 0 bridgehead atoms. The Hall–Kier alpha value is -4.32. The fraction of sp³-hybridized carbons (Fsp3) is 0.167. The summed E-state index contributed by atoms with van der Waals surface area (Å²) in [5, 5.41) is 12.6. The molecule has 33 heavy (non-hydrogen) atoms. The minimum absolute atomic E-state index is 0.0465. The monoisotopic (exact) mass is 444 g/mol. The number of halogens is 2. The van der Waals surface area contributed by atoms with Gasteiger partial charge in [0.2, 0.25) is 0 Å². The quantitative estimate of drug-likeness (QED) is 0.482. The van der Waals surface area contributed by atoms with Crippen LogP contribution in [-0.4, -0.2) is 14.4 Å². The molecule has 0 radical (unpaired) electrons. The van der Waals surface area contributed by atoms with Gasteiger partial charge in [0.1, 0.15) is 41.2 Å². The highest BCUT2D eigenvalue weighted by Gasteiger charge is 2.31. The van der Waals surface area contributed by atoms with Gasteiger partial charge in [0.25, 0.3) is 5.56 Å². The molecule has 0 unspecified atom stereocenters. The zero-order valence-corrected chi connectivity index (χ0v) is 17.3. The third-order valence-corrected chi connectivity index (χ3v) is 5.79. The van der Waals surface area contributed by atoms with Gasteiger partial charge in [0.15, 0.2) is 0 Å². The average Bonchev–Trinajstić information content (AvgIpc) is 3.64. The van der Waals surface area contributed by atoms with Crippen LogP contribution < -0.4 is 16.6 Å². The number of pyridine rings is 2. The molecule has 1 aromatic carbocycles. The highest BCUT2D eigenvalue weighted by atomic mass is 19.1. The van der Waals surface area contributed by atoms with Gasteiger partial charge in [-0.15, -0.1) is 0 Å². The Bertz CT molecular complexity index is 1490. The molecule has 5 rings (SSSR count). The maximum absolute atomic E-state index is 14.1. The summed E-state index contributed by atoms with van der Waals surface area (Å²) in [6.45, 7) is 0.160. The second kappa shape index (κ2) is 7.98. The van der Waals surface area contributed by atoms with E-state index in [4.69, 9.17) is 5.73 Å². The molecule has 1 aliphatic rings. The van der Waals surface area contributed by atoms with Gasteiger partial charge in [0.05, 0.1) is 11.1 Å². The van der Waals surface area contributed by atoms with Crippen molar-refractivity contribution in [3.63, 3.8) is 0 Å². The van der Waals surface area contributed by atoms with Crippen LogP contribution in [0.2, 0.25) is 0 Å². The number of anilines is 2. The Morgan fingerprint density at radius 1 is 1.12 bits per heavy atom. The number of hydrogen-bond donors (Lipinski definition) is 2. The number of fused-ring (bicyclic) bond motifs is 1. The zero-order valence-electron chi connectivity index (χ0n) is 17.3. The smallest absolute Gasteiger partial charge is 0.263 e. The minimum Gasteiger partial charge on any atom is -0.382 e. The van der Waals surface area contributed by atoms with E-state index < -0.39 is 17.2 Å². The molecule has 3 N–H and O–H groups in total. The van der Waals surface area contributed by atoms with Crippen molar-refractivity contribution < 1.29 is 8.78 Å². The molecule has 0 amide bonds. The molecule has 3 heterocycles. The SMILES string of the molecule is N#Cc1c(N)ncnc1NCc1c(-c2ccc(F)cc2)c(=O)n2cc(F)ccc2c1C1CC1. The third kappa shape index (κ3) is 3.65. The lowest BCUT2D eigenvalue weighted by molar-refractivity contribution is 0.618. The van der Waals surface area contributed by atoms with Crippen LogP contribution in [0.1, 0.15) is 35.4 Å². The third-order valence-electron chi connectivity index (χ3n) is 5.79. The summed E-state index contributed by atoms with van der Waals surface area (Å²) in [4.78, 5) is 21.5. The molecular formula is C24H18F2N6O. The van der Waals surface area contributed by atoms with Crippen LogP contribution in [-0.2, 0) is 6.54 Å². The minimum atomic E-state index is -0.530. The predicted octanol–water partition coefficient (Wildman–Crippen LogP) is 3.98. The summed E-state index contributed by atoms with van der Waals surface area (Å²) in [7, 11) is 0. The molecule has 0 atom stereocenters. The van der Waals surface area contributed by atoms with Gasteiger partial charge in [0, 0.05) is 12.7 Å². The first-order valence-corrected chi connectivity index (χ1v) is 10.3. The Morgan fingerprint density at radius 2 is 1.85 bits per heavy atom. The van der Waals surface area contributed by atoms with Crippen molar-refractivity contribution in [3.05, 3.63) is 87.6 Å². The lowest BCUT2D eigenvalue weighted by Gasteiger charge is -2.19. The van der Waals surface area contributed by atoms with Crippen molar-refractivity contribution in [1.29, 1.82) is 5.26 Å². The normalized spacial score (nSPS) is 13.1. The predicted molar refractivity (Wildman–Crippen MR) is 119 cm³/mol. The van der Waals surface area contributed by atoms with Crippen LogP contribution in [0.3, 0.4) is 0 Å². The van der Waals surface area contributed by atoms with E-state index in [9.17, 15) is 18.8 Å². The van der Waals surface area contributed by atoms with Crippen LogP contribution in [0.15, 0.2) is 53.7 Å². The molecule has 9 heteroatoms. The van der Waals surface area contributed by atoms with E-state index in [0.29, 0.717) is 22.2 Å². The zero-order chi connectivity index (χ0) is 23.1. The standard InChI is InChI=1S/C24H18F2N6O/c25-15-5-3-14(4-6-15)21-18(10-29-23-17(9-27)22(28)30-12-31-23)20(13-1-2-13)19-8-7-16(26)11-32(19)24(21)33/h3-8,11-13H,1-2,10H2,(H3,28,29,30,31). The molecule has 164 valence electrons. The topological polar surface area (TPSA) is 109 Å². The van der Waals surface area contributed by atoms with Crippen LogP contribution in [0.4, 0.5) is 20.4 Å². The van der Waals surface area contributed by atoms with Crippen LogP contribution >= 0.6 is 0 Å². The number of benzene rings is 1. The summed E-state index contributed by atoms with van der Waals surface area (Å²) >= 11 is 0. The van der Waals surface area contributed by atoms with E-state index in [-0.39, 0.29) is 29.7 Å². The molecule has 0 saturated heterocycles. The van der Waals surface area contributed by atoms with Crippen molar-refractivity contribution in [2.24, 2.45) is 0 Å². The van der Waals surface area contributed by atoms with Gasteiger partial charge in [-0.3, -0.25) is 9.20 Å². The maximum Gasteiger partial charge on any atom is 0.263 e. The van der Waals surface area contributed by atoms with E-state index in [1.165, 1.54) is 47.3 Å². The lowest BCUT2D eigenvalue weighted by atomic mass is 9.93. The van der Waals surface area contributed by atoms with E-state index >= 15 is 0 Å². The van der Waals surface area contributed by atoms with E-state index in [2.05, 4.69) is 15.3 Å². The first kappa shape index (κ1) is 20.6. The van der Waals surface area contributed by atoms with Crippen molar-refractivity contribution in [2.75, 3.05) is 11.1 Å². The van der Waals surface area contributed by atoms with Gasteiger partial charge < -0.3 is 11.1 Å². The summed E-state index contributed by atoms with van der Waals surface area (Å²) in [6.07, 6.45) is 4.29. The lowest BCUT2D eigenvalue weighted by Crippen LogP contribution is -2.22. The van der Waals surface area contributed by atoms with Gasteiger partial charge in [-0.25, -0.2) is 18.7 Å². The number of aromatic nitrogens is 3. The largest absolute Gasteiger partial charge is 0.382 e. The number of hydrogen-bond acceptors (Lipinski definition) is 6. The fourth-order valence-corrected chi connectivity index (χ4v) is 4.14. The Balaban J connectivity index is 1.75. The van der Waals surface area contributed by atoms with Gasteiger partial charge >= 0.3 is 0 Å². The first-order chi connectivity index (χ1) is 16.0. The molecular weight excluding hydrogens is 426 g/mol. The summed E-state index contributed by atoms with van der Waals surface area (Å²) in [5.41, 5.74) is 8.58. The highest BCUT2D eigenvalue weighted by Crippen LogP contribution is 2.45. The van der Waals surface area contributed by atoms with Crippen molar-refractivity contribution in [1.82, 2.24) is 14.4 Å². The number of nitrogen functional groups attached to an aromatic ring is 1. The Morgan fingerprint density at radius 3 is 2.55 bits per heavy atom. The Kier molecular flexibility index (Phi) is 4.98. The van der Waals surface area contributed by atoms with Crippen LogP contribution in [0, 0.1) is 23.0 Å². The summed E-state index contributed by atoms with van der Waals surface area (Å²) in [5.74, 6) is -0.463. The van der Waals surface area contributed by atoms with Crippen molar-refractivity contribution in [3.8, 4) is 17.2 Å². The molecule has 1 aliphatic carbocycles. The number of rotatable bonds is 5. The van der Waals surface area contributed by atoms with Crippen LogP contribution in [0.5, 0.6) is 0 Å². The first-order valence-electron chi connectivity index (χ1n) is 10.3. The number of nitrogens with one attached hydrogen (secondary N) is 1. The van der Waals surface area contributed by atoms with E-state index in [0.717, 1.165) is 18.4 Å². The van der Waals surface area contributed by atoms with Crippen molar-refractivity contribution in [2.45, 2.75) is 25.3 Å². The molecule has 1 fully saturated rings. The van der Waals surface area contributed by atoms with Gasteiger partial charge in [-0.05, 0) is 59.7 Å². The molecule has 0 aliphatic heterocycles. The maximum atomic E-state index is 14.1. The van der Waals surface area contributed by atoms with Gasteiger partial charge in [-0.2, -0.15) is 5.26 Å². The molecule has 1 saturated carbocycles. The fourth-order valence-electron chi connectivity index (χ4n) is 4.14. The number of nitrogens with zero attached hydrogens (tertiary/aromatic N) is 4. The van der Waals surface area contributed by atoms with Crippen molar-refractivity contribution >= 4 is 17.2 Å². The molecule has 4 aromatic rings. The molecule has 3 aromatic heterocycles. The highest BCUT2D eigenvalue weighted by molar-refractivity contribution is 5.75. The summed E-state index contributed by atoms with van der Waals surface area (Å²) in [6, 6.07) is 10.5. The van der Waals surface area contributed by atoms with Crippen LogP contribution in [0.25, 0.3) is 16.6 Å². The summed E-state index contributed by atoms with van der Waals surface area (Å²) < 4.78 is 29.0. The van der Waals surface area contributed by atoms with E-state index in [1.807, 2.05) is 6.07 Å². The average molecular weight is 444 g/mol. The molecule has 7 nitrogen and oxygen atoms in total. The molecule has 0 spiro atoms. The van der Waals surface area contributed by atoms with E-state index in [1.54, 1.807) is 6.07 Å². The van der Waals surface area contributed by atoms with Gasteiger partial charge in [-0.1, -0.05) is 12.1 Å². The Labute approximate surface area is 187 Å². The number of nitrogens with two attached hydrogens (primary N) is 1. The second-order valence-electron chi connectivity index (χ2n) is 7.90. The number of nitriles is 1.